The van der Waals surface area contributed by atoms with E-state index in [0.717, 1.165) is 32.7 Å². The summed E-state index contributed by atoms with van der Waals surface area (Å²) in [5.74, 6) is 0. The van der Waals surface area contributed by atoms with Gasteiger partial charge in [-0.25, -0.2) is 8.42 Å². The highest BCUT2D eigenvalue weighted by Gasteiger charge is 2.22. The van der Waals surface area contributed by atoms with Crippen LogP contribution in [0, 0.1) is 5.41 Å². The zero-order chi connectivity index (χ0) is 14.5. The van der Waals surface area contributed by atoms with Crippen LogP contribution in [0.2, 0.25) is 0 Å². The summed E-state index contributed by atoms with van der Waals surface area (Å²) in [5, 5.41) is 3.46. The highest BCUT2D eigenvalue weighted by Crippen LogP contribution is 2.16. The van der Waals surface area contributed by atoms with E-state index in [0.29, 0.717) is 18.5 Å². The van der Waals surface area contributed by atoms with Gasteiger partial charge in [-0.1, -0.05) is 20.8 Å². The topological polar surface area (TPSA) is 52.6 Å². The Kier molecular flexibility index (Phi) is 6.23. The molecule has 1 heterocycles. The molecule has 6 heteroatoms. The number of nitrogens with one attached hydrogen (secondary N) is 1. The minimum absolute atomic E-state index is 0.383. The summed E-state index contributed by atoms with van der Waals surface area (Å²) in [6.45, 7) is 12.7. The number of nitrogens with zero attached hydrogens (tertiary/aromatic N) is 2. The monoisotopic (exact) mass is 291 g/mol. The van der Waals surface area contributed by atoms with Crippen molar-refractivity contribution in [3.63, 3.8) is 0 Å². The van der Waals surface area contributed by atoms with Gasteiger partial charge in [-0.2, -0.15) is 4.31 Å². The smallest absolute Gasteiger partial charge is 0.211 e. The fourth-order valence-electron chi connectivity index (χ4n) is 2.11. The Morgan fingerprint density at radius 2 is 1.63 bits per heavy atom. The lowest BCUT2D eigenvalue weighted by molar-refractivity contribution is 0.189. The van der Waals surface area contributed by atoms with Crippen LogP contribution in [0.1, 0.15) is 27.2 Å². The third kappa shape index (κ3) is 7.25. The van der Waals surface area contributed by atoms with Crippen molar-refractivity contribution in [2.45, 2.75) is 27.2 Å². The van der Waals surface area contributed by atoms with Crippen molar-refractivity contribution in [3.05, 3.63) is 0 Å². The molecule has 1 rings (SSSR count). The molecule has 1 fully saturated rings. The number of hydrogen-bond acceptors (Lipinski definition) is 4. The van der Waals surface area contributed by atoms with Gasteiger partial charge in [0.25, 0.3) is 0 Å². The van der Waals surface area contributed by atoms with E-state index < -0.39 is 10.0 Å². The standard InChI is InChI=1S/C13H29N3O2S/c1-13(2,3)5-6-14-7-8-15-9-11-16(12-10-15)19(4,17)18/h14H,5-12H2,1-4H3. The summed E-state index contributed by atoms with van der Waals surface area (Å²) >= 11 is 0. The molecule has 0 atom stereocenters. The van der Waals surface area contributed by atoms with Crippen LogP contribution in [0.15, 0.2) is 0 Å². The molecule has 1 aliphatic rings. The number of sulfonamides is 1. The lowest BCUT2D eigenvalue weighted by atomic mass is 9.92. The van der Waals surface area contributed by atoms with Crippen molar-refractivity contribution in [2.24, 2.45) is 5.41 Å². The first-order valence-electron chi connectivity index (χ1n) is 7.07. The number of hydrogen-bond donors (Lipinski definition) is 1. The van der Waals surface area contributed by atoms with Crippen molar-refractivity contribution in [1.29, 1.82) is 0 Å². The Balaban J connectivity index is 2.10. The summed E-state index contributed by atoms with van der Waals surface area (Å²) in [7, 11) is -3.00. The van der Waals surface area contributed by atoms with E-state index in [4.69, 9.17) is 0 Å². The lowest BCUT2D eigenvalue weighted by Crippen LogP contribution is -2.49. The van der Waals surface area contributed by atoms with Gasteiger partial charge in [0.15, 0.2) is 0 Å². The summed E-state index contributed by atoms with van der Waals surface area (Å²) in [6, 6.07) is 0. The molecular weight excluding hydrogens is 262 g/mol. The summed E-state index contributed by atoms with van der Waals surface area (Å²) in [6.07, 6.45) is 2.46. The molecule has 0 aliphatic carbocycles. The van der Waals surface area contributed by atoms with Gasteiger partial charge in [-0.15, -0.1) is 0 Å². The molecule has 0 saturated carbocycles. The average Bonchev–Trinajstić information content (AvgIpc) is 2.26. The van der Waals surface area contributed by atoms with Crippen molar-refractivity contribution in [1.82, 2.24) is 14.5 Å². The largest absolute Gasteiger partial charge is 0.315 e. The molecule has 114 valence electrons. The first-order chi connectivity index (χ1) is 8.68. The van der Waals surface area contributed by atoms with Gasteiger partial charge in [-0.3, -0.25) is 4.90 Å². The molecule has 1 aliphatic heterocycles. The quantitative estimate of drug-likeness (QED) is 0.728. The average molecular weight is 291 g/mol. The van der Waals surface area contributed by atoms with E-state index in [2.05, 4.69) is 31.0 Å². The van der Waals surface area contributed by atoms with E-state index in [-0.39, 0.29) is 0 Å². The van der Waals surface area contributed by atoms with Gasteiger partial charge in [0.05, 0.1) is 6.26 Å². The molecule has 5 nitrogen and oxygen atoms in total. The van der Waals surface area contributed by atoms with Crippen LogP contribution in [0.3, 0.4) is 0 Å². The van der Waals surface area contributed by atoms with E-state index in [1.54, 1.807) is 4.31 Å². The minimum atomic E-state index is -3.00. The van der Waals surface area contributed by atoms with Crippen molar-refractivity contribution >= 4 is 10.0 Å². The SMILES string of the molecule is CC(C)(C)CCNCCN1CCN(S(C)(=O)=O)CC1. The van der Waals surface area contributed by atoms with Crippen molar-refractivity contribution in [3.8, 4) is 0 Å². The second-order valence-electron chi connectivity index (χ2n) is 6.56. The first-order valence-corrected chi connectivity index (χ1v) is 8.91. The van der Waals surface area contributed by atoms with Gasteiger partial charge in [0, 0.05) is 39.3 Å². The fourth-order valence-corrected chi connectivity index (χ4v) is 2.94. The molecule has 0 unspecified atom stereocenters. The van der Waals surface area contributed by atoms with Crippen LogP contribution in [-0.4, -0.2) is 69.7 Å². The molecule has 1 N–H and O–H groups in total. The number of rotatable bonds is 6. The Morgan fingerprint density at radius 1 is 1.05 bits per heavy atom. The summed E-state index contributed by atoms with van der Waals surface area (Å²) < 4.78 is 24.3. The second kappa shape index (κ2) is 7.02. The van der Waals surface area contributed by atoms with E-state index in [1.807, 2.05) is 0 Å². The van der Waals surface area contributed by atoms with Gasteiger partial charge >= 0.3 is 0 Å². The van der Waals surface area contributed by atoms with Gasteiger partial charge in [-0.05, 0) is 18.4 Å². The maximum Gasteiger partial charge on any atom is 0.211 e. The highest BCUT2D eigenvalue weighted by atomic mass is 32.2. The molecule has 0 aromatic rings. The molecule has 0 aromatic carbocycles. The van der Waals surface area contributed by atoms with Crippen LogP contribution in [0.25, 0.3) is 0 Å². The van der Waals surface area contributed by atoms with E-state index in [1.165, 1.54) is 12.7 Å². The Hall–Kier alpha value is -0.170. The molecule has 0 aromatic heterocycles. The third-order valence-electron chi connectivity index (χ3n) is 3.46. The van der Waals surface area contributed by atoms with Crippen molar-refractivity contribution in [2.75, 3.05) is 52.1 Å². The minimum Gasteiger partial charge on any atom is -0.315 e. The number of piperazine rings is 1. The summed E-state index contributed by atoms with van der Waals surface area (Å²) in [4.78, 5) is 2.33. The fraction of sp³-hybridized carbons (Fsp3) is 1.00. The molecule has 19 heavy (non-hydrogen) atoms. The first kappa shape index (κ1) is 16.9. The molecule has 1 saturated heterocycles. The van der Waals surface area contributed by atoms with Crippen LogP contribution >= 0.6 is 0 Å². The Bertz CT molecular complexity index is 355. The normalized spacial score (nSPS) is 19.8. The predicted molar refractivity (Wildman–Crippen MR) is 79.8 cm³/mol. The zero-order valence-corrected chi connectivity index (χ0v) is 13.6. The molecule has 0 amide bonds. The zero-order valence-electron chi connectivity index (χ0n) is 12.8. The molecule has 0 spiro atoms. The highest BCUT2D eigenvalue weighted by molar-refractivity contribution is 7.88. The Labute approximate surface area is 118 Å². The summed E-state index contributed by atoms with van der Waals surface area (Å²) in [5.41, 5.74) is 0.383. The van der Waals surface area contributed by atoms with Crippen LogP contribution in [0.5, 0.6) is 0 Å². The van der Waals surface area contributed by atoms with Gasteiger partial charge < -0.3 is 5.32 Å². The molecule has 0 radical (unpaired) electrons. The van der Waals surface area contributed by atoms with Crippen molar-refractivity contribution < 1.29 is 8.42 Å². The van der Waals surface area contributed by atoms with E-state index >= 15 is 0 Å². The van der Waals surface area contributed by atoms with Crippen LogP contribution in [0.4, 0.5) is 0 Å². The van der Waals surface area contributed by atoms with Gasteiger partial charge in [0.2, 0.25) is 10.0 Å². The van der Waals surface area contributed by atoms with E-state index in [9.17, 15) is 8.42 Å². The second-order valence-corrected chi connectivity index (χ2v) is 8.55. The molecular formula is C13H29N3O2S. The Morgan fingerprint density at radius 3 is 2.11 bits per heavy atom. The predicted octanol–water partition coefficient (Wildman–Crippen LogP) is 0.589. The van der Waals surface area contributed by atoms with Gasteiger partial charge in [0.1, 0.15) is 0 Å². The van der Waals surface area contributed by atoms with Crippen LogP contribution in [-0.2, 0) is 10.0 Å². The molecule has 0 bridgehead atoms. The maximum atomic E-state index is 11.4. The third-order valence-corrected chi connectivity index (χ3v) is 4.76. The maximum absolute atomic E-state index is 11.4. The van der Waals surface area contributed by atoms with Crippen LogP contribution < -0.4 is 5.32 Å². The lowest BCUT2D eigenvalue weighted by Gasteiger charge is -2.33.